The molecular weight excluding hydrogens is 375 g/mol. The molecule has 1 aromatic carbocycles. The summed E-state index contributed by atoms with van der Waals surface area (Å²) >= 11 is 0. The van der Waals surface area contributed by atoms with Crippen molar-refractivity contribution in [2.45, 2.75) is 36.9 Å². The Morgan fingerprint density at radius 3 is 2.93 bits per heavy atom. The molecule has 2 aromatic rings. The van der Waals surface area contributed by atoms with E-state index in [0.29, 0.717) is 24.2 Å². The Morgan fingerprint density at radius 1 is 1.44 bits per heavy atom. The Balaban J connectivity index is 1.64. The van der Waals surface area contributed by atoms with Crippen LogP contribution in [0.15, 0.2) is 29.3 Å². The number of benzene rings is 1. The highest BCUT2D eigenvalue weighted by molar-refractivity contribution is 7.89. The minimum absolute atomic E-state index is 0.0182. The van der Waals surface area contributed by atoms with Crippen molar-refractivity contribution in [2.24, 2.45) is 0 Å². The van der Waals surface area contributed by atoms with E-state index in [4.69, 9.17) is 0 Å². The molecule has 27 heavy (non-hydrogen) atoms. The minimum atomic E-state index is -3.80. The summed E-state index contributed by atoms with van der Waals surface area (Å²) in [5, 5.41) is 13.7. The average Bonchev–Trinajstić information content (AvgIpc) is 3.28. The molecule has 0 bridgehead atoms. The molecule has 2 atom stereocenters. The van der Waals surface area contributed by atoms with Gasteiger partial charge in [-0.1, -0.05) is 5.21 Å². The molecular formula is C16H21FN6O3S. The molecule has 1 aromatic heterocycles. The van der Waals surface area contributed by atoms with Gasteiger partial charge in [0, 0.05) is 13.6 Å². The third-order valence-corrected chi connectivity index (χ3v) is 6.03. The van der Waals surface area contributed by atoms with Crippen molar-refractivity contribution >= 4 is 15.9 Å². The topological polar surface area (TPSA) is 118 Å². The second-order valence-electron chi connectivity index (χ2n) is 6.39. The highest BCUT2D eigenvalue weighted by Crippen LogP contribution is 2.19. The Labute approximate surface area is 156 Å². The predicted octanol–water partition coefficient (Wildman–Crippen LogP) is -0.147. The summed E-state index contributed by atoms with van der Waals surface area (Å²) in [5.41, 5.74) is 0.769. The molecule has 1 aliphatic rings. The van der Waals surface area contributed by atoms with Crippen molar-refractivity contribution < 1.29 is 17.6 Å². The average molecular weight is 396 g/mol. The van der Waals surface area contributed by atoms with Crippen molar-refractivity contribution in [2.75, 3.05) is 13.6 Å². The molecule has 3 rings (SSSR count). The second kappa shape index (κ2) is 7.71. The van der Waals surface area contributed by atoms with Crippen LogP contribution in [0.3, 0.4) is 0 Å². The van der Waals surface area contributed by atoms with E-state index >= 15 is 0 Å². The molecule has 1 amide bonds. The van der Waals surface area contributed by atoms with Gasteiger partial charge in [-0.25, -0.2) is 22.2 Å². The van der Waals surface area contributed by atoms with Gasteiger partial charge in [-0.15, -0.1) is 5.10 Å². The molecule has 146 valence electrons. The van der Waals surface area contributed by atoms with Crippen molar-refractivity contribution in [3.63, 3.8) is 0 Å². The number of sulfonamides is 1. The quantitative estimate of drug-likeness (QED) is 0.625. The van der Waals surface area contributed by atoms with Crippen LogP contribution in [0.1, 0.15) is 23.7 Å². The van der Waals surface area contributed by atoms with E-state index in [9.17, 15) is 17.6 Å². The van der Waals surface area contributed by atoms with Gasteiger partial charge in [0.2, 0.25) is 15.9 Å². The van der Waals surface area contributed by atoms with Gasteiger partial charge in [0.1, 0.15) is 5.82 Å². The molecule has 11 heteroatoms. The van der Waals surface area contributed by atoms with Gasteiger partial charge in [0.05, 0.1) is 35.4 Å². The Morgan fingerprint density at radius 2 is 2.22 bits per heavy atom. The number of carbonyl (C=O) groups is 1. The summed E-state index contributed by atoms with van der Waals surface area (Å²) in [5.74, 6) is -0.574. The third kappa shape index (κ3) is 4.31. The van der Waals surface area contributed by atoms with Gasteiger partial charge >= 0.3 is 0 Å². The number of hydrogen-bond acceptors (Lipinski definition) is 6. The summed E-state index contributed by atoms with van der Waals surface area (Å²) in [7, 11) is -2.21. The zero-order chi connectivity index (χ0) is 19.6. The first kappa shape index (κ1) is 19.4. The number of likely N-dealkylation sites (N-methyl/N-ethyl adjacent to an activating group) is 1. The van der Waals surface area contributed by atoms with Crippen molar-refractivity contribution in [3.8, 4) is 0 Å². The first-order valence-electron chi connectivity index (χ1n) is 8.41. The summed E-state index contributed by atoms with van der Waals surface area (Å²) in [4.78, 5) is 11.7. The Bertz CT molecular complexity index is 945. The first-order valence-corrected chi connectivity index (χ1v) is 9.90. The zero-order valence-corrected chi connectivity index (χ0v) is 15.8. The molecule has 9 nitrogen and oxygen atoms in total. The van der Waals surface area contributed by atoms with Crippen LogP contribution in [0.5, 0.6) is 0 Å². The lowest BCUT2D eigenvalue weighted by molar-refractivity contribution is -0.122. The van der Waals surface area contributed by atoms with E-state index in [2.05, 4.69) is 25.7 Å². The summed E-state index contributed by atoms with van der Waals surface area (Å²) in [6.45, 7) is 2.06. The number of rotatable bonds is 6. The maximum absolute atomic E-state index is 13.2. The maximum atomic E-state index is 13.2. The zero-order valence-electron chi connectivity index (χ0n) is 14.9. The maximum Gasteiger partial charge on any atom is 0.241 e. The Hall–Kier alpha value is -2.37. The predicted molar refractivity (Wildman–Crippen MR) is 94.7 cm³/mol. The summed E-state index contributed by atoms with van der Waals surface area (Å²) < 4.78 is 42.1. The second-order valence-corrected chi connectivity index (χ2v) is 8.12. The highest BCUT2D eigenvalue weighted by atomic mass is 32.2. The van der Waals surface area contributed by atoms with E-state index in [1.165, 1.54) is 19.1 Å². The van der Waals surface area contributed by atoms with E-state index in [-0.39, 0.29) is 29.4 Å². The summed E-state index contributed by atoms with van der Waals surface area (Å²) in [6, 6.07) is 3.18. The van der Waals surface area contributed by atoms with Gasteiger partial charge in [-0.3, -0.25) is 4.79 Å². The molecule has 3 N–H and O–H groups in total. The third-order valence-electron chi connectivity index (χ3n) is 4.47. The van der Waals surface area contributed by atoms with Crippen LogP contribution < -0.4 is 15.4 Å². The van der Waals surface area contributed by atoms with Crippen LogP contribution in [0.25, 0.3) is 0 Å². The molecule has 0 spiro atoms. The normalized spacial score (nSPS) is 20.0. The number of hydrogen-bond donors (Lipinski definition) is 3. The molecule has 1 aliphatic heterocycles. The van der Waals surface area contributed by atoms with Crippen LogP contribution in [-0.2, 0) is 21.4 Å². The lowest BCUT2D eigenvalue weighted by Crippen LogP contribution is -2.38. The van der Waals surface area contributed by atoms with Crippen LogP contribution in [0.2, 0.25) is 0 Å². The number of nitrogens with zero attached hydrogens (tertiary/aromatic N) is 3. The van der Waals surface area contributed by atoms with E-state index in [1.807, 2.05) is 0 Å². The van der Waals surface area contributed by atoms with Gasteiger partial charge in [-0.05, 0) is 37.1 Å². The first-order chi connectivity index (χ1) is 12.8. The van der Waals surface area contributed by atoms with Gasteiger partial charge < -0.3 is 10.6 Å². The number of carbonyl (C=O) groups excluding carboxylic acids is 1. The molecule has 0 aliphatic carbocycles. The highest BCUT2D eigenvalue weighted by Gasteiger charge is 2.30. The van der Waals surface area contributed by atoms with Crippen LogP contribution in [-0.4, -0.2) is 49.0 Å². The van der Waals surface area contributed by atoms with Crippen LogP contribution >= 0.6 is 0 Å². The standard InChI is InChI=1S/C16H21FN6O3S/c1-10-5-11(17)3-4-15(10)27(25,26)20-7-12-9-23(22-21-12)13-6-14(19-8-13)16(24)18-2/h3-5,9,13-14,19-20H,6-8H2,1-2H3,(H,18,24)/t13-,14-/m0/s1. The van der Waals surface area contributed by atoms with Gasteiger partial charge in [-0.2, -0.15) is 0 Å². The smallest absolute Gasteiger partial charge is 0.241 e. The van der Waals surface area contributed by atoms with Gasteiger partial charge in [0.15, 0.2) is 0 Å². The summed E-state index contributed by atoms with van der Waals surface area (Å²) in [6.07, 6.45) is 2.22. The van der Waals surface area contributed by atoms with Crippen LogP contribution in [0, 0.1) is 12.7 Å². The number of aromatic nitrogens is 3. The van der Waals surface area contributed by atoms with Gasteiger partial charge in [0.25, 0.3) is 0 Å². The fourth-order valence-corrected chi connectivity index (χ4v) is 4.25. The van der Waals surface area contributed by atoms with E-state index in [0.717, 1.165) is 6.07 Å². The minimum Gasteiger partial charge on any atom is -0.358 e. The Kier molecular flexibility index (Phi) is 5.53. The molecule has 1 saturated heterocycles. The van der Waals surface area contributed by atoms with Crippen molar-refractivity contribution in [1.82, 2.24) is 30.3 Å². The fraction of sp³-hybridized carbons (Fsp3) is 0.438. The number of aryl methyl sites for hydroxylation is 1. The molecule has 0 unspecified atom stereocenters. The fourth-order valence-electron chi connectivity index (χ4n) is 3.03. The van der Waals surface area contributed by atoms with Crippen molar-refractivity contribution in [3.05, 3.63) is 41.5 Å². The molecule has 2 heterocycles. The van der Waals surface area contributed by atoms with Crippen molar-refractivity contribution in [1.29, 1.82) is 0 Å². The van der Waals surface area contributed by atoms with E-state index in [1.54, 1.807) is 17.9 Å². The SMILES string of the molecule is CNC(=O)[C@@H]1C[C@H](n2cc(CNS(=O)(=O)c3ccc(F)cc3C)nn2)CN1. The molecule has 0 saturated carbocycles. The lowest BCUT2D eigenvalue weighted by atomic mass is 10.1. The monoisotopic (exact) mass is 396 g/mol. The lowest BCUT2D eigenvalue weighted by Gasteiger charge is -2.09. The molecule has 0 radical (unpaired) electrons. The van der Waals surface area contributed by atoms with Crippen LogP contribution in [0.4, 0.5) is 4.39 Å². The number of nitrogens with one attached hydrogen (secondary N) is 3. The molecule has 1 fully saturated rings. The van der Waals surface area contributed by atoms with E-state index < -0.39 is 15.8 Å². The number of amides is 1. The number of halogens is 1. The largest absolute Gasteiger partial charge is 0.358 e.